The molecule has 2 rings (SSSR count). The molecule has 0 aliphatic carbocycles. The molecule has 0 saturated heterocycles. The molecule has 0 aromatic heterocycles. The third-order valence-corrected chi connectivity index (χ3v) is 4.22. The summed E-state index contributed by atoms with van der Waals surface area (Å²) < 4.78 is 44.0. The van der Waals surface area contributed by atoms with E-state index < -0.39 is 17.8 Å². The molecule has 0 radical (unpaired) electrons. The summed E-state index contributed by atoms with van der Waals surface area (Å²) in [5.41, 5.74) is 0.883. The lowest BCUT2D eigenvalue weighted by Gasteiger charge is -2.14. The minimum Gasteiger partial charge on any atom is -0.445 e. The summed E-state index contributed by atoms with van der Waals surface area (Å²) in [6.07, 6.45) is 1.34. The minimum atomic E-state index is -4.43. The van der Waals surface area contributed by atoms with E-state index in [4.69, 9.17) is 11.2 Å². The van der Waals surface area contributed by atoms with Crippen LogP contribution in [0.4, 0.5) is 18.0 Å². The molecule has 0 bridgehead atoms. The van der Waals surface area contributed by atoms with Gasteiger partial charge in [0.2, 0.25) is 0 Å². The van der Waals surface area contributed by atoms with E-state index in [1.54, 1.807) is 6.07 Å². The molecule has 0 saturated carbocycles. The van der Waals surface area contributed by atoms with E-state index in [-0.39, 0.29) is 18.1 Å². The highest BCUT2D eigenvalue weighted by Crippen LogP contribution is 2.31. The molecule has 1 N–H and O–H groups in total. The van der Waals surface area contributed by atoms with Crippen LogP contribution in [0.3, 0.4) is 0 Å². The average Bonchev–Trinajstić information content (AvgIpc) is 2.69. The number of rotatable bonds is 7. The Morgan fingerprint density at radius 1 is 1.18 bits per heavy atom. The van der Waals surface area contributed by atoms with Crippen molar-refractivity contribution in [1.82, 2.24) is 5.32 Å². The summed E-state index contributed by atoms with van der Waals surface area (Å²) in [6.45, 7) is 2.46. The maximum Gasteiger partial charge on any atom is 0.416 e. The summed E-state index contributed by atoms with van der Waals surface area (Å²) >= 11 is 0. The van der Waals surface area contributed by atoms with E-state index in [9.17, 15) is 18.0 Å². The molecule has 0 aliphatic rings. The second-order valence-corrected chi connectivity index (χ2v) is 6.65. The molecule has 3 nitrogen and oxygen atoms in total. The van der Waals surface area contributed by atoms with Gasteiger partial charge in [-0.25, -0.2) is 4.79 Å². The Labute approximate surface area is 162 Å². The predicted octanol–water partition coefficient (Wildman–Crippen LogP) is 5.18. The molecule has 0 spiro atoms. The van der Waals surface area contributed by atoms with Gasteiger partial charge in [0.15, 0.2) is 0 Å². The Kier molecular flexibility index (Phi) is 7.51. The Hall–Kier alpha value is -2.94. The number of benzene rings is 2. The molecule has 0 fully saturated rings. The number of aryl methyl sites for hydroxylation is 1. The summed E-state index contributed by atoms with van der Waals surface area (Å²) in [7, 11) is 0. The van der Waals surface area contributed by atoms with Gasteiger partial charge >= 0.3 is 12.3 Å². The van der Waals surface area contributed by atoms with Gasteiger partial charge in [0.1, 0.15) is 6.61 Å². The first-order valence-corrected chi connectivity index (χ1v) is 8.90. The van der Waals surface area contributed by atoms with Gasteiger partial charge in [-0.2, -0.15) is 13.2 Å². The van der Waals surface area contributed by atoms with E-state index in [1.807, 2.05) is 37.3 Å². The number of alkyl carbamates (subject to hydrolysis) is 1. The van der Waals surface area contributed by atoms with E-state index >= 15 is 0 Å². The fourth-order valence-electron chi connectivity index (χ4n) is 2.63. The van der Waals surface area contributed by atoms with E-state index in [0.717, 1.165) is 17.7 Å². The van der Waals surface area contributed by atoms with Crippen molar-refractivity contribution in [3.63, 3.8) is 0 Å². The first kappa shape index (κ1) is 21.4. The highest BCUT2D eigenvalue weighted by atomic mass is 19.4. The maximum atomic E-state index is 13.0. The van der Waals surface area contributed by atoms with Crippen LogP contribution < -0.4 is 5.32 Å². The first-order valence-electron chi connectivity index (χ1n) is 8.90. The Bertz CT molecular complexity index is 826. The number of carbonyl (C=O) groups is 1. The van der Waals surface area contributed by atoms with Gasteiger partial charge in [-0.15, -0.1) is 6.42 Å². The number of terminal acetylenes is 1. The van der Waals surface area contributed by atoms with E-state index in [0.29, 0.717) is 24.9 Å². The molecular formula is C22H22F3NO2. The highest BCUT2D eigenvalue weighted by molar-refractivity contribution is 5.67. The fourth-order valence-corrected chi connectivity index (χ4v) is 2.63. The zero-order valence-electron chi connectivity index (χ0n) is 15.6. The molecule has 1 atom stereocenters. The van der Waals surface area contributed by atoms with Crippen molar-refractivity contribution in [2.24, 2.45) is 5.92 Å². The summed E-state index contributed by atoms with van der Waals surface area (Å²) in [4.78, 5) is 11.8. The van der Waals surface area contributed by atoms with Gasteiger partial charge in [0.05, 0.1) is 5.56 Å². The first-order chi connectivity index (χ1) is 13.3. The molecule has 28 heavy (non-hydrogen) atoms. The van der Waals surface area contributed by atoms with Crippen LogP contribution in [-0.4, -0.2) is 12.6 Å². The van der Waals surface area contributed by atoms with Gasteiger partial charge in [-0.3, -0.25) is 0 Å². The number of amides is 1. The van der Waals surface area contributed by atoms with Gasteiger partial charge in [0, 0.05) is 12.1 Å². The number of carbonyl (C=O) groups excluding carboxylic acids is 1. The van der Waals surface area contributed by atoms with Crippen LogP contribution >= 0.6 is 0 Å². The van der Waals surface area contributed by atoms with Crippen LogP contribution in [0.1, 0.15) is 35.6 Å². The van der Waals surface area contributed by atoms with Crippen molar-refractivity contribution in [1.29, 1.82) is 0 Å². The van der Waals surface area contributed by atoms with Gasteiger partial charge < -0.3 is 10.1 Å². The number of alkyl halides is 3. The SMILES string of the molecule is C#Cc1cc(CC[C@H](C)CNC(=O)OCc2ccccc2)cc(C(F)(F)F)c1. The molecule has 2 aromatic rings. The van der Waals surface area contributed by atoms with Crippen molar-refractivity contribution in [3.8, 4) is 12.3 Å². The number of halogens is 3. The lowest BCUT2D eigenvalue weighted by atomic mass is 9.97. The zero-order valence-corrected chi connectivity index (χ0v) is 15.6. The standard InChI is InChI=1S/C22H22F3NO2/c1-3-17-11-19(13-20(12-17)22(23,24)25)10-9-16(2)14-26-21(27)28-15-18-7-5-4-6-8-18/h1,4-8,11-13,16H,9-10,14-15H2,2H3,(H,26,27)/t16-/m0/s1. The molecule has 0 heterocycles. The van der Waals surface area contributed by atoms with Crippen LogP contribution in [-0.2, 0) is 23.9 Å². The molecule has 2 aromatic carbocycles. The van der Waals surface area contributed by atoms with Crippen LogP contribution in [0.15, 0.2) is 48.5 Å². The smallest absolute Gasteiger partial charge is 0.416 e. The van der Waals surface area contributed by atoms with Crippen LogP contribution in [0.2, 0.25) is 0 Å². The summed E-state index contributed by atoms with van der Waals surface area (Å²) in [5.74, 6) is 2.32. The van der Waals surface area contributed by atoms with E-state index in [1.165, 1.54) is 0 Å². The minimum absolute atomic E-state index is 0.0631. The van der Waals surface area contributed by atoms with Gasteiger partial charge in [-0.1, -0.05) is 43.2 Å². The number of hydrogen-bond donors (Lipinski definition) is 1. The molecule has 148 valence electrons. The second kappa shape index (κ2) is 9.84. The van der Waals surface area contributed by atoms with Gasteiger partial charge in [0.25, 0.3) is 0 Å². The lowest BCUT2D eigenvalue weighted by Crippen LogP contribution is -2.29. The molecule has 1 amide bonds. The third-order valence-electron chi connectivity index (χ3n) is 4.22. The maximum absolute atomic E-state index is 13.0. The molecule has 0 unspecified atom stereocenters. The van der Waals surface area contributed by atoms with Gasteiger partial charge in [-0.05, 0) is 48.1 Å². The number of ether oxygens (including phenoxy) is 1. The monoisotopic (exact) mass is 389 g/mol. The van der Waals surface area contributed by atoms with Crippen molar-refractivity contribution < 1.29 is 22.7 Å². The van der Waals surface area contributed by atoms with Crippen LogP contribution in [0, 0.1) is 18.3 Å². The van der Waals surface area contributed by atoms with Crippen LogP contribution in [0.5, 0.6) is 0 Å². The summed E-state index contributed by atoms with van der Waals surface area (Å²) in [6, 6.07) is 13.0. The second-order valence-electron chi connectivity index (χ2n) is 6.65. The Morgan fingerprint density at radius 2 is 1.89 bits per heavy atom. The predicted molar refractivity (Wildman–Crippen MR) is 101 cm³/mol. The number of nitrogens with one attached hydrogen (secondary N) is 1. The Balaban J connectivity index is 1.80. The van der Waals surface area contributed by atoms with Crippen molar-refractivity contribution in [2.75, 3.05) is 6.54 Å². The van der Waals surface area contributed by atoms with Crippen molar-refractivity contribution in [3.05, 3.63) is 70.8 Å². The normalized spacial score (nSPS) is 12.1. The lowest BCUT2D eigenvalue weighted by molar-refractivity contribution is -0.137. The quantitative estimate of drug-likeness (QED) is 0.663. The number of hydrogen-bond acceptors (Lipinski definition) is 2. The largest absolute Gasteiger partial charge is 0.445 e. The topological polar surface area (TPSA) is 38.3 Å². The third kappa shape index (κ3) is 6.99. The van der Waals surface area contributed by atoms with E-state index in [2.05, 4.69) is 11.2 Å². The highest BCUT2D eigenvalue weighted by Gasteiger charge is 2.31. The van der Waals surface area contributed by atoms with Crippen molar-refractivity contribution in [2.45, 2.75) is 32.5 Å². The average molecular weight is 389 g/mol. The van der Waals surface area contributed by atoms with Crippen LogP contribution in [0.25, 0.3) is 0 Å². The molecule has 6 heteroatoms. The van der Waals surface area contributed by atoms with Crippen molar-refractivity contribution >= 4 is 6.09 Å². The zero-order chi connectivity index (χ0) is 20.6. The molecular weight excluding hydrogens is 367 g/mol. The molecule has 0 aliphatic heterocycles. The Morgan fingerprint density at radius 3 is 2.54 bits per heavy atom. The summed E-state index contributed by atoms with van der Waals surface area (Å²) in [5, 5.41) is 2.67. The fraction of sp³-hybridized carbons (Fsp3) is 0.318.